The molecule has 1 N–H and O–H groups in total. The van der Waals surface area contributed by atoms with Crippen LogP contribution in [0.15, 0.2) is 12.2 Å². The first-order chi connectivity index (χ1) is 16.0. The first kappa shape index (κ1) is 34.8. The van der Waals surface area contributed by atoms with Crippen molar-refractivity contribution in [2.75, 3.05) is 13.2 Å². The van der Waals surface area contributed by atoms with E-state index in [0.29, 0.717) is 0 Å². The second-order valence-electron chi connectivity index (χ2n) is 6.69. The summed E-state index contributed by atoms with van der Waals surface area (Å²) >= 11 is -2.32. The number of halogens is 17. The SMILES string of the molecule is C=C(C)C(=O)OCCNC(=O)SC(F)(F)C(F)(F)C(F)(F)C(F)(F)C(F)(F)C(F)(F)C(F)(F)C(F)(F)F. The molecule has 0 saturated carbocycles. The highest BCUT2D eigenvalue weighted by Gasteiger charge is 2.95. The second-order valence-corrected chi connectivity index (χ2v) is 7.78. The molecule has 0 saturated heterocycles. The van der Waals surface area contributed by atoms with Crippen LogP contribution in [0.2, 0.25) is 0 Å². The van der Waals surface area contributed by atoms with Gasteiger partial charge in [-0.2, -0.15) is 74.6 Å². The maximum Gasteiger partial charge on any atom is 0.460 e. The van der Waals surface area contributed by atoms with Gasteiger partial charge in [-0.1, -0.05) is 6.58 Å². The summed E-state index contributed by atoms with van der Waals surface area (Å²) < 4.78 is 227. The average molecular weight is 607 g/mol. The van der Waals surface area contributed by atoms with Crippen molar-refractivity contribution in [1.82, 2.24) is 5.32 Å². The molecule has 218 valence electrons. The molecule has 0 radical (unpaired) electrons. The van der Waals surface area contributed by atoms with Crippen LogP contribution in [0.1, 0.15) is 6.92 Å². The van der Waals surface area contributed by atoms with Gasteiger partial charge in [-0.25, -0.2) is 4.79 Å². The Morgan fingerprint density at radius 3 is 1.38 bits per heavy atom. The number of carbonyl (C=O) groups excluding carboxylic acids is 2. The number of ether oxygens (including phenoxy) is 1. The Hall–Kier alpha value is -2.16. The Balaban J connectivity index is 6.07. The zero-order chi connectivity index (χ0) is 30.3. The Labute approximate surface area is 197 Å². The lowest BCUT2D eigenvalue weighted by Crippen LogP contribution is -2.74. The van der Waals surface area contributed by atoms with Gasteiger partial charge in [0, 0.05) is 17.3 Å². The lowest BCUT2D eigenvalue weighted by atomic mass is 9.91. The summed E-state index contributed by atoms with van der Waals surface area (Å²) in [6.45, 7) is 2.20. The van der Waals surface area contributed by atoms with Crippen molar-refractivity contribution in [3.05, 3.63) is 12.2 Å². The van der Waals surface area contributed by atoms with E-state index in [0.717, 1.165) is 6.92 Å². The van der Waals surface area contributed by atoms with Gasteiger partial charge in [0.2, 0.25) is 0 Å². The van der Waals surface area contributed by atoms with Crippen LogP contribution >= 0.6 is 11.8 Å². The average Bonchev–Trinajstić information content (AvgIpc) is 2.68. The molecule has 0 aromatic rings. The lowest BCUT2D eigenvalue weighted by Gasteiger charge is -2.42. The summed E-state index contributed by atoms with van der Waals surface area (Å²) in [5.41, 5.74) is -0.245. The minimum absolute atomic E-state index is 0.245. The molecular formula is C15H10F17NO3S. The smallest absolute Gasteiger partial charge is 0.460 e. The summed E-state index contributed by atoms with van der Waals surface area (Å²) in [4.78, 5) is 22.2. The maximum absolute atomic E-state index is 13.6. The number of thioether (sulfide) groups is 1. The van der Waals surface area contributed by atoms with Crippen LogP contribution < -0.4 is 5.32 Å². The van der Waals surface area contributed by atoms with Gasteiger partial charge >= 0.3 is 52.9 Å². The zero-order valence-electron chi connectivity index (χ0n) is 17.2. The topological polar surface area (TPSA) is 55.4 Å². The minimum atomic E-state index is -8.75. The van der Waals surface area contributed by atoms with Crippen molar-refractivity contribution in [3.63, 3.8) is 0 Å². The first-order valence-electron chi connectivity index (χ1n) is 8.48. The molecule has 0 atom stereocenters. The number of nitrogens with one attached hydrogen (secondary N) is 1. The molecule has 0 aliphatic carbocycles. The van der Waals surface area contributed by atoms with Gasteiger partial charge < -0.3 is 10.1 Å². The Morgan fingerprint density at radius 1 is 0.676 bits per heavy atom. The third kappa shape index (κ3) is 5.81. The molecule has 0 aliphatic rings. The largest absolute Gasteiger partial charge is 0.460 e. The molecule has 0 fully saturated rings. The van der Waals surface area contributed by atoms with Gasteiger partial charge in [0.05, 0.1) is 6.54 Å². The molecule has 0 aromatic heterocycles. The fourth-order valence-corrected chi connectivity index (χ4v) is 2.45. The highest BCUT2D eigenvalue weighted by molar-refractivity contribution is 8.14. The molecule has 0 aliphatic heterocycles. The Kier molecular flexibility index (Phi) is 9.60. The van der Waals surface area contributed by atoms with Crippen LogP contribution in [0.5, 0.6) is 0 Å². The lowest BCUT2D eigenvalue weighted by molar-refractivity contribution is -0.458. The van der Waals surface area contributed by atoms with Crippen LogP contribution in [0.3, 0.4) is 0 Å². The number of rotatable bonds is 11. The first-order valence-corrected chi connectivity index (χ1v) is 9.30. The number of amides is 1. The zero-order valence-corrected chi connectivity index (χ0v) is 18.0. The number of carbonyl (C=O) groups is 2. The highest BCUT2D eigenvalue weighted by Crippen LogP contribution is 2.64. The van der Waals surface area contributed by atoms with E-state index >= 15 is 0 Å². The molecule has 0 rings (SSSR count). The monoisotopic (exact) mass is 607 g/mol. The molecule has 0 heterocycles. The highest BCUT2D eigenvalue weighted by atomic mass is 32.2. The summed E-state index contributed by atoms with van der Waals surface area (Å²) in [6.07, 6.45) is -7.84. The standard InChI is InChI=1S/C15H10F17NO3S/c1-5(2)6(34)36-4-3-33-7(35)37-15(31,32)13(26,27)11(22,23)9(18,19)8(16,17)10(20,21)12(24,25)14(28,29)30/h1,3-4H2,2H3,(H,33,35). The van der Waals surface area contributed by atoms with E-state index < -0.39 is 83.1 Å². The molecule has 4 nitrogen and oxygen atoms in total. The molecule has 22 heteroatoms. The van der Waals surface area contributed by atoms with Gasteiger partial charge in [-0.15, -0.1) is 0 Å². The van der Waals surface area contributed by atoms with E-state index in [2.05, 4.69) is 11.3 Å². The third-order valence-corrected chi connectivity index (χ3v) is 4.71. The fourth-order valence-electron chi connectivity index (χ4n) is 1.79. The summed E-state index contributed by atoms with van der Waals surface area (Å²) in [6, 6.07) is 0. The van der Waals surface area contributed by atoms with Crippen molar-refractivity contribution < 1.29 is 89.0 Å². The van der Waals surface area contributed by atoms with Crippen LogP contribution in [0.25, 0.3) is 0 Å². The van der Waals surface area contributed by atoms with Crippen LogP contribution in [-0.4, -0.2) is 71.3 Å². The number of esters is 1. The molecule has 37 heavy (non-hydrogen) atoms. The van der Waals surface area contributed by atoms with Crippen molar-refractivity contribution in [1.29, 1.82) is 0 Å². The maximum atomic E-state index is 13.6. The Morgan fingerprint density at radius 2 is 1.03 bits per heavy atom. The van der Waals surface area contributed by atoms with E-state index in [4.69, 9.17) is 0 Å². The van der Waals surface area contributed by atoms with E-state index in [1.54, 1.807) is 0 Å². The van der Waals surface area contributed by atoms with Crippen LogP contribution in [0, 0.1) is 0 Å². The molecular weight excluding hydrogens is 597 g/mol. The predicted octanol–water partition coefficient (Wildman–Crippen LogP) is 6.52. The van der Waals surface area contributed by atoms with Crippen molar-refractivity contribution in [2.24, 2.45) is 0 Å². The van der Waals surface area contributed by atoms with Gasteiger partial charge in [0.25, 0.3) is 5.24 Å². The summed E-state index contributed by atoms with van der Waals surface area (Å²) in [5.74, 6) is -51.9. The molecule has 1 amide bonds. The number of hydrogen-bond acceptors (Lipinski definition) is 4. The minimum Gasteiger partial charge on any atom is -0.460 e. The van der Waals surface area contributed by atoms with E-state index in [-0.39, 0.29) is 5.57 Å². The molecule has 0 aromatic carbocycles. The molecule has 0 spiro atoms. The van der Waals surface area contributed by atoms with Crippen molar-refractivity contribution in [2.45, 2.75) is 53.9 Å². The van der Waals surface area contributed by atoms with Gasteiger partial charge in [0.1, 0.15) is 6.61 Å². The third-order valence-electron chi connectivity index (χ3n) is 3.87. The summed E-state index contributed by atoms with van der Waals surface area (Å²) in [7, 11) is 0. The van der Waals surface area contributed by atoms with Crippen molar-refractivity contribution in [3.8, 4) is 0 Å². The van der Waals surface area contributed by atoms with Gasteiger partial charge in [-0.05, 0) is 6.92 Å². The second kappa shape index (κ2) is 10.2. The van der Waals surface area contributed by atoms with Gasteiger partial charge in [-0.3, -0.25) is 4.79 Å². The quantitative estimate of drug-likeness (QED) is 0.126. The van der Waals surface area contributed by atoms with Crippen LogP contribution in [-0.2, 0) is 9.53 Å². The number of hydrogen-bond donors (Lipinski definition) is 1. The normalized spacial score (nSPS) is 14.9. The van der Waals surface area contributed by atoms with E-state index in [9.17, 15) is 84.2 Å². The van der Waals surface area contributed by atoms with E-state index in [1.165, 1.54) is 5.32 Å². The van der Waals surface area contributed by atoms with Crippen LogP contribution in [0.4, 0.5) is 79.4 Å². The predicted molar refractivity (Wildman–Crippen MR) is 87.4 cm³/mol. The Bertz CT molecular complexity index is 884. The van der Waals surface area contributed by atoms with Crippen molar-refractivity contribution >= 4 is 23.0 Å². The summed E-state index contributed by atoms with van der Waals surface area (Å²) in [5, 5.41) is -8.27. The molecule has 0 unspecified atom stereocenters. The number of alkyl halides is 17. The fraction of sp³-hybridized carbons (Fsp3) is 0.733. The molecule has 0 bridgehead atoms. The van der Waals surface area contributed by atoms with E-state index in [1.807, 2.05) is 0 Å². The van der Waals surface area contributed by atoms with Gasteiger partial charge in [0.15, 0.2) is 0 Å².